The molecule has 92 valence electrons. The lowest BCUT2D eigenvalue weighted by molar-refractivity contribution is 0.0918. The van der Waals surface area contributed by atoms with Gasteiger partial charge in [0.05, 0.1) is 12.2 Å². The Morgan fingerprint density at radius 1 is 1.59 bits per heavy atom. The van der Waals surface area contributed by atoms with Crippen LogP contribution in [0, 0.1) is 0 Å². The molecule has 4 heteroatoms. The predicted molar refractivity (Wildman–Crippen MR) is 66.1 cm³/mol. The number of amides is 1. The van der Waals surface area contributed by atoms with Crippen LogP contribution in [-0.4, -0.2) is 30.3 Å². The summed E-state index contributed by atoms with van der Waals surface area (Å²) in [7, 11) is 0. The lowest BCUT2D eigenvalue weighted by Gasteiger charge is -2.13. The van der Waals surface area contributed by atoms with Gasteiger partial charge >= 0.3 is 0 Å². The Morgan fingerprint density at radius 2 is 2.29 bits per heavy atom. The van der Waals surface area contributed by atoms with Gasteiger partial charge in [-0.3, -0.25) is 4.79 Å². The third-order valence-electron chi connectivity index (χ3n) is 2.14. The number of carbonyl (C=O) groups excluding carboxylic acids is 1. The van der Waals surface area contributed by atoms with Crippen molar-refractivity contribution in [2.75, 3.05) is 13.2 Å². The van der Waals surface area contributed by atoms with Crippen LogP contribution in [0.2, 0.25) is 0 Å². The number of hydrogen-bond donors (Lipinski definition) is 2. The fourth-order valence-corrected chi connectivity index (χ4v) is 1.28. The van der Waals surface area contributed by atoms with Crippen molar-refractivity contribution in [1.82, 2.24) is 5.32 Å². The molecule has 1 rings (SSSR count). The van der Waals surface area contributed by atoms with Crippen LogP contribution < -0.4 is 10.1 Å². The Hall–Kier alpha value is -1.81. The monoisotopic (exact) mass is 235 g/mol. The van der Waals surface area contributed by atoms with E-state index in [9.17, 15) is 4.79 Å². The summed E-state index contributed by atoms with van der Waals surface area (Å²) < 4.78 is 5.38. The molecule has 17 heavy (non-hydrogen) atoms. The molecule has 4 nitrogen and oxygen atoms in total. The first-order valence-electron chi connectivity index (χ1n) is 5.43. The number of ether oxygens (including phenoxy) is 1. The van der Waals surface area contributed by atoms with Crippen molar-refractivity contribution < 1.29 is 14.6 Å². The smallest absolute Gasteiger partial charge is 0.255 e. The summed E-state index contributed by atoms with van der Waals surface area (Å²) >= 11 is 0. The summed E-state index contributed by atoms with van der Waals surface area (Å²) in [6.07, 6.45) is 1.62. The van der Waals surface area contributed by atoms with E-state index in [0.29, 0.717) is 17.9 Å². The lowest BCUT2D eigenvalue weighted by atomic mass is 10.2. The van der Waals surface area contributed by atoms with Gasteiger partial charge in [-0.05, 0) is 19.1 Å². The van der Waals surface area contributed by atoms with Crippen LogP contribution in [0.15, 0.2) is 36.9 Å². The zero-order valence-electron chi connectivity index (χ0n) is 9.85. The molecule has 0 spiro atoms. The van der Waals surface area contributed by atoms with Gasteiger partial charge in [-0.25, -0.2) is 0 Å². The third kappa shape index (κ3) is 3.92. The standard InChI is InChI=1S/C13H17NO3/c1-3-8-17-12-7-5-4-6-11(12)13(16)14-10(2)9-15/h3-7,10,15H,1,8-9H2,2H3,(H,14,16)/t10-/m1/s1. The molecule has 1 aromatic rings. The van der Waals surface area contributed by atoms with Crippen molar-refractivity contribution >= 4 is 5.91 Å². The average molecular weight is 235 g/mol. The summed E-state index contributed by atoms with van der Waals surface area (Å²) in [5.74, 6) is 0.251. The highest BCUT2D eigenvalue weighted by atomic mass is 16.5. The molecule has 0 aliphatic heterocycles. The van der Waals surface area contributed by atoms with Crippen molar-refractivity contribution in [2.45, 2.75) is 13.0 Å². The molecule has 0 saturated carbocycles. The van der Waals surface area contributed by atoms with Crippen molar-refractivity contribution in [1.29, 1.82) is 0 Å². The molecule has 0 bridgehead atoms. The minimum atomic E-state index is -0.282. The molecule has 0 radical (unpaired) electrons. The van der Waals surface area contributed by atoms with Crippen LogP contribution in [-0.2, 0) is 0 Å². The van der Waals surface area contributed by atoms with Crippen LogP contribution in [0.5, 0.6) is 5.75 Å². The number of nitrogens with one attached hydrogen (secondary N) is 1. The van der Waals surface area contributed by atoms with E-state index >= 15 is 0 Å². The second-order valence-corrected chi connectivity index (χ2v) is 3.65. The first-order chi connectivity index (χ1) is 8.19. The van der Waals surface area contributed by atoms with Crippen LogP contribution in [0.3, 0.4) is 0 Å². The molecule has 2 N–H and O–H groups in total. The molecule has 1 aromatic carbocycles. The lowest BCUT2D eigenvalue weighted by Crippen LogP contribution is -2.35. The molecule has 0 aromatic heterocycles. The number of hydrogen-bond acceptors (Lipinski definition) is 3. The average Bonchev–Trinajstić information content (AvgIpc) is 2.36. The molecule has 0 heterocycles. The number of para-hydroxylation sites is 1. The third-order valence-corrected chi connectivity index (χ3v) is 2.14. The molecule has 0 unspecified atom stereocenters. The van der Waals surface area contributed by atoms with Crippen molar-refractivity contribution in [3.8, 4) is 5.75 Å². The van der Waals surface area contributed by atoms with E-state index < -0.39 is 0 Å². The van der Waals surface area contributed by atoms with E-state index in [1.165, 1.54) is 0 Å². The van der Waals surface area contributed by atoms with Gasteiger partial charge in [0.25, 0.3) is 5.91 Å². The Balaban J connectivity index is 2.80. The molecule has 1 atom stereocenters. The number of rotatable bonds is 6. The highest BCUT2D eigenvalue weighted by Gasteiger charge is 2.13. The van der Waals surface area contributed by atoms with Crippen molar-refractivity contribution in [3.63, 3.8) is 0 Å². The van der Waals surface area contributed by atoms with Gasteiger partial charge in [0.15, 0.2) is 0 Å². The largest absolute Gasteiger partial charge is 0.489 e. The maximum Gasteiger partial charge on any atom is 0.255 e. The minimum Gasteiger partial charge on any atom is -0.489 e. The molecular formula is C13H17NO3. The number of aliphatic hydroxyl groups excluding tert-OH is 1. The molecular weight excluding hydrogens is 218 g/mol. The summed E-state index contributed by atoms with van der Waals surface area (Å²) in [5, 5.41) is 11.5. The van der Waals surface area contributed by atoms with E-state index in [4.69, 9.17) is 9.84 Å². The minimum absolute atomic E-state index is 0.0958. The molecule has 0 saturated heterocycles. The van der Waals surface area contributed by atoms with Gasteiger partial charge in [0.2, 0.25) is 0 Å². The topological polar surface area (TPSA) is 58.6 Å². The number of carbonyl (C=O) groups is 1. The van der Waals surface area contributed by atoms with Gasteiger partial charge in [-0.2, -0.15) is 0 Å². The Bertz CT molecular complexity index is 390. The Labute approximate surface area is 101 Å². The fourth-order valence-electron chi connectivity index (χ4n) is 1.28. The maximum absolute atomic E-state index is 11.9. The number of benzene rings is 1. The zero-order valence-corrected chi connectivity index (χ0v) is 9.85. The van der Waals surface area contributed by atoms with E-state index in [2.05, 4.69) is 11.9 Å². The highest BCUT2D eigenvalue weighted by Crippen LogP contribution is 2.17. The van der Waals surface area contributed by atoms with Gasteiger partial charge in [0, 0.05) is 6.04 Å². The van der Waals surface area contributed by atoms with Crippen LogP contribution >= 0.6 is 0 Å². The van der Waals surface area contributed by atoms with Gasteiger partial charge in [-0.15, -0.1) is 0 Å². The SMILES string of the molecule is C=CCOc1ccccc1C(=O)N[C@H](C)CO. The van der Waals surface area contributed by atoms with Gasteiger partial charge in [0.1, 0.15) is 12.4 Å². The molecule has 0 aliphatic carbocycles. The summed E-state index contributed by atoms with van der Waals surface area (Å²) in [5.41, 5.74) is 0.453. The second-order valence-electron chi connectivity index (χ2n) is 3.65. The van der Waals surface area contributed by atoms with E-state index in [1.807, 2.05) is 0 Å². The Kier molecular flexibility index (Phi) is 5.23. The number of aliphatic hydroxyl groups is 1. The van der Waals surface area contributed by atoms with Crippen LogP contribution in [0.1, 0.15) is 17.3 Å². The normalized spacial score (nSPS) is 11.6. The highest BCUT2D eigenvalue weighted by molar-refractivity contribution is 5.97. The van der Waals surface area contributed by atoms with Gasteiger partial charge < -0.3 is 15.2 Å². The van der Waals surface area contributed by atoms with E-state index in [0.717, 1.165) is 0 Å². The summed E-state index contributed by atoms with van der Waals surface area (Å²) in [4.78, 5) is 11.9. The predicted octanol–water partition coefficient (Wildman–Crippen LogP) is 1.36. The van der Waals surface area contributed by atoms with E-state index in [-0.39, 0.29) is 18.6 Å². The van der Waals surface area contributed by atoms with E-state index in [1.54, 1.807) is 37.3 Å². The van der Waals surface area contributed by atoms with Crippen LogP contribution in [0.25, 0.3) is 0 Å². The molecule has 0 aliphatic rings. The first kappa shape index (κ1) is 13.3. The molecule has 0 fully saturated rings. The first-order valence-corrected chi connectivity index (χ1v) is 5.43. The molecule has 1 amide bonds. The van der Waals surface area contributed by atoms with Gasteiger partial charge in [-0.1, -0.05) is 24.8 Å². The second kappa shape index (κ2) is 6.70. The fraction of sp³-hybridized carbons (Fsp3) is 0.308. The van der Waals surface area contributed by atoms with Crippen molar-refractivity contribution in [3.05, 3.63) is 42.5 Å². The summed E-state index contributed by atoms with van der Waals surface area (Å²) in [6.45, 7) is 5.53. The maximum atomic E-state index is 11.9. The quantitative estimate of drug-likeness (QED) is 0.732. The zero-order chi connectivity index (χ0) is 12.7. The summed E-state index contributed by atoms with van der Waals surface area (Å²) in [6, 6.07) is 6.68. The van der Waals surface area contributed by atoms with Crippen LogP contribution in [0.4, 0.5) is 0 Å². The Morgan fingerprint density at radius 3 is 2.94 bits per heavy atom. The van der Waals surface area contributed by atoms with Crippen molar-refractivity contribution in [2.24, 2.45) is 0 Å².